The molecule has 2 aromatic rings. The molecule has 1 unspecified atom stereocenters. The van der Waals surface area contributed by atoms with Crippen molar-refractivity contribution in [2.24, 2.45) is 0 Å². The summed E-state index contributed by atoms with van der Waals surface area (Å²) in [5.41, 5.74) is -0.0659. The van der Waals surface area contributed by atoms with E-state index in [1.807, 2.05) is 19.9 Å². The summed E-state index contributed by atoms with van der Waals surface area (Å²) in [4.78, 5) is 45.9. The average molecular weight is 494 g/mol. The van der Waals surface area contributed by atoms with E-state index in [0.29, 0.717) is 29.5 Å². The van der Waals surface area contributed by atoms with Gasteiger partial charge in [0.1, 0.15) is 17.5 Å². The van der Waals surface area contributed by atoms with Crippen molar-refractivity contribution in [1.82, 2.24) is 19.6 Å². The van der Waals surface area contributed by atoms with Crippen molar-refractivity contribution < 1.29 is 19.1 Å². The van der Waals surface area contributed by atoms with E-state index < -0.39 is 17.7 Å². The van der Waals surface area contributed by atoms with Gasteiger partial charge in [0, 0.05) is 34.3 Å². The number of amides is 3. The molecule has 1 fully saturated rings. The highest BCUT2D eigenvalue weighted by atomic mass is 32.1. The molecule has 3 rings (SSSR count). The van der Waals surface area contributed by atoms with E-state index in [9.17, 15) is 14.4 Å². The van der Waals surface area contributed by atoms with Crippen molar-refractivity contribution in [2.75, 3.05) is 11.9 Å². The number of alkyl carbamates (subject to hydrolysis) is 1. The summed E-state index contributed by atoms with van der Waals surface area (Å²) in [7, 11) is 0. The first-order chi connectivity index (χ1) is 15.5. The maximum atomic E-state index is 13.1. The standard InChI is InChI=1S/C22H31N5O4S2/c1-7-17-24-20(33-26-17)25-18(28)14-11-16(32-13(14)3)15-9-8-10-27(15)19(29)12(2)23-21(30)31-22(4,5)6/h11-12,15H,7-10H2,1-6H3,(H,23,30)(H,24,25,26,28)/t12-,15?/m0/s1. The molecule has 0 bridgehead atoms. The van der Waals surface area contributed by atoms with Gasteiger partial charge in [0.05, 0.1) is 11.6 Å². The Morgan fingerprint density at radius 1 is 1.33 bits per heavy atom. The van der Waals surface area contributed by atoms with Crippen molar-refractivity contribution in [3.63, 3.8) is 0 Å². The molecule has 0 radical (unpaired) electrons. The van der Waals surface area contributed by atoms with Gasteiger partial charge in [0.25, 0.3) is 5.91 Å². The van der Waals surface area contributed by atoms with Crippen LogP contribution in [0.25, 0.3) is 0 Å². The highest BCUT2D eigenvalue weighted by Gasteiger charge is 2.35. The molecule has 9 nitrogen and oxygen atoms in total. The zero-order valence-electron chi connectivity index (χ0n) is 19.9. The lowest BCUT2D eigenvalue weighted by Crippen LogP contribution is -2.47. The van der Waals surface area contributed by atoms with Crippen LogP contribution < -0.4 is 10.6 Å². The lowest BCUT2D eigenvalue weighted by atomic mass is 10.1. The summed E-state index contributed by atoms with van der Waals surface area (Å²) in [6.45, 7) is 11.4. The predicted molar refractivity (Wildman–Crippen MR) is 129 cm³/mol. The SMILES string of the molecule is CCc1nsc(NC(=O)c2cc(C3CCCN3C(=O)[C@H](C)NC(=O)OC(C)(C)C)sc2C)n1. The second-order valence-corrected chi connectivity index (χ2v) is 11.0. The van der Waals surface area contributed by atoms with Gasteiger partial charge >= 0.3 is 6.09 Å². The van der Waals surface area contributed by atoms with Crippen LogP contribution in [-0.2, 0) is 16.0 Å². The molecule has 2 atom stereocenters. The smallest absolute Gasteiger partial charge is 0.408 e. The Balaban J connectivity index is 1.69. The monoisotopic (exact) mass is 493 g/mol. The van der Waals surface area contributed by atoms with Crippen LogP contribution in [0.5, 0.6) is 0 Å². The Morgan fingerprint density at radius 3 is 2.70 bits per heavy atom. The molecule has 1 saturated heterocycles. The quantitative estimate of drug-likeness (QED) is 0.620. The van der Waals surface area contributed by atoms with Gasteiger partial charge < -0.3 is 15.0 Å². The molecule has 180 valence electrons. The Morgan fingerprint density at radius 2 is 2.06 bits per heavy atom. The van der Waals surface area contributed by atoms with E-state index >= 15 is 0 Å². The van der Waals surface area contributed by atoms with Gasteiger partial charge in [-0.15, -0.1) is 11.3 Å². The normalized spacial score (nSPS) is 17.0. The molecule has 0 aliphatic carbocycles. The van der Waals surface area contributed by atoms with E-state index in [1.54, 1.807) is 32.6 Å². The third-order valence-electron chi connectivity index (χ3n) is 5.15. The molecule has 0 spiro atoms. The largest absolute Gasteiger partial charge is 0.444 e. The molecular weight excluding hydrogens is 462 g/mol. The number of carbonyl (C=O) groups excluding carboxylic acids is 3. The number of aromatic nitrogens is 2. The van der Waals surface area contributed by atoms with Crippen LogP contribution in [0.3, 0.4) is 0 Å². The van der Waals surface area contributed by atoms with Gasteiger partial charge in [-0.1, -0.05) is 6.92 Å². The molecule has 2 aromatic heterocycles. The highest BCUT2D eigenvalue weighted by Crippen LogP contribution is 2.38. The molecule has 2 N–H and O–H groups in total. The van der Waals surface area contributed by atoms with Crippen LogP contribution in [0.15, 0.2) is 6.07 Å². The summed E-state index contributed by atoms with van der Waals surface area (Å²) >= 11 is 2.68. The lowest BCUT2D eigenvalue weighted by Gasteiger charge is -2.28. The predicted octanol–water partition coefficient (Wildman–Crippen LogP) is 4.30. The van der Waals surface area contributed by atoms with Crippen LogP contribution in [0.2, 0.25) is 0 Å². The van der Waals surface area contributed by atoms with E-state index in [4.69, 9.17) is 4.74 Å². The van der Waals surface area contributed by atoms with Gasteiger partial charge in [0.15, 0.2) is 0 Å². The molecule has 3 amide bonds. The number of nitrogens with one attached hydrogen (secondary N) is 2. The summed E-state index contributed by atoms with van der Waals surface area (Å²) < 4.78 is 9.46. The number of nitrogens with zero attached hydrogens (tertiary/aromatic N) is 3. The third-order valence-corrected chi connectivity index (χ3v) is 6.97. The van der Waals surface area contributed by atoms with Crippen LogP contribution in [0.4, 0.5) is 9.93 Å². The van der Waals surface area contributed by atoms with Crippen LogP contribution in [0.1, 0.15) is 79.4 Å². The minimum atomic E-state index is -0.713. The molecule has 1 aliphatic heterocycles. The van der Waals surface area contributed by atoms with Crippen molar-refractivity contribution in [1.29, 1.82) is 0 Å². The topological polar surface area (TPSA) is 114 Å². The number of hydrogen-bond donors (Lipinski definition) is 2. The number of thiophene rings is 1. The number of ether oxygens (including phenoxy) is 1. The fourth-order valence-corrected chi connectivity index (χ4v) is 5.45. The van der Waals surface area contributed by atoms with E-state index in [2.05, 4.69) is 20.0 Å². The van der Waals surface area contributed by atoms with Gasteiger partial charge in [0.2, 0.25) is 11.0 Å². The summed E-state index contributed by atoms with van der Waals surface area (Å²) in [5, 5.41) is 5.93. The first-order valence-corrected chi connectivity index (χ1v) is 12.6. The maximum Gasteiger partial charge on any atom is 0.408 e. The average Bonchev–Trinajstić information content (AvgIpc) is 3.44. The highest BCUT2D eigenvalue weighted by molar-refractivity contribution is 7.12. The summed E-state index contributed by atoms with van der Waals surface area (Å²) in [6, 6.07) is 1.02. The van der Waals surface area contributed by atoms with E-state index in [-0.39, 0.29) is 17.9 Å². The number of likely N-dealkylation sites (tertiary alicyclic amines) is 1. The molecule has 0 saturated carbocycles. The third kappa shape index (κ3) is 6.29. The lowest BCUT2D eigenvalue weighted by molar-refractivity contribution is -0.133. The van der Waals surface area contributed by atoms with Gasteiger partial charge in [-0.25, -0.2) is 9.78 Å². The van der Waals surface area contributed by atoms with Crippen LogP contribution >= 0.6 is 22.9 Å². The van der Waals surface area contributed by atoms with E-state index in [0.717, 1.165) is 34.1 Å². The minimum absolute atomic E-state index is 0.126. The number of aryl methyl sites for hydroxylation is 2. The Bertz CT molecular complexity index is 1030. The Hall–Kier alpha value is -2.53. The minimum Gasteiger partial charge on any atom is -0.444 e. The van der Waals surface area contributed by atoms with Gasteiger partial charge in [-0.2, -0.15) is 4.37 Å². The second-order valence-electron chi connectivity index (χ2n) is 9.00. The zero-order chi connectivity index (χ0) is 24.3. The fraction of sp³-hybridized carbons (Fsp3) is 0.591. The summed E-state index contributed by atoms with van der Waals surface area (Å²) in [6.07, 6.45) is 1.76. The summed E-state index contributed by atoms with van der Waals surface area (Å²) in [5.74, 6) is 0.304. The number of anilines is 1. The van der Waals surface area contributed by atoms with Crippen molar-refractivity contribution in [2.45, 2.75) is 78.5 Å². The second kappa shape index (κ2) is 10.2. The first kappa shape index (κ1) is 25.1. The Labute approximate surface area is 202 Å². The van der Waals surface area contributed by atoms with Gasteiger partial charge in [-0.3, -0.25) is 14.9 Å². The maximum absolute atomic E-state index is 13.1. The van der Waals surface area contributed by atoms with Crippen molar-refractivity contribution in [3.05, 3.63) is 27.2 Å². The van der Waals surface area contributed by atoms with Crippen molar-refractivity contribution >= 4 is 45.9 Å². The van der Waals surface area contributed by atoms with Gasteiger partial charge in [-0.05, 0) is 53.5 Å². The van der Waals surface area contributed by atoms with E-state index in [1.165, 1.54) is 11.3 Å². The molecule has 3 heterocycles. The van der Waals surface area contributed by atoms with Crippen LogP contribution in [0, 0.1) is 6.92 Å². The fourth-order valence-electron chi connectivity index (χ4n) is 3.63. The molecule has 1 aliphatic rings. The number of carbonyl (C=O) groups is 3. The van der Waals surface area contributed by atoms with Crippen molar-refractivity contribution in [3.8, 4) is 0 Å². The Kier molecular flexibility index (Phi) is 7.73. The molecular formula is C22H31N5O4S2. The molecule has 33 heavy (non-hydrogen) atoms. The van der Waals surface area contributed by atoms with Crippen LogP contribution in [-0.4, -0.2) is 50.4 Å². The molecule has 11 heteroatoms. The number of rotatable bonds is 6. The number of hydrogen-bond acceptors (Lipinski definition) is 8. The zero-order valence-corrected chi connectivity index (χ0v) is 21.5. The molecule has 0 aromatic carbocycles. The first-order valence-electron chi connectivity index (χ1n) is 11.0.